The Labute approximate surface area is 135 Å². The topological polar surface area (TPSA) is 43.2 Å². The van der Waals surface area contributed by atoms with Crippen LogP contribution in [0.5, 0.6) is 0 Å². The van der Waals surface area contributed by atoms with Gasteiger partial charge in [0.25, 0.3) is 0 Å². The summed E-state index contributed by atoms with van der Waals surface area (Å²) in [6, 6.07) is 0. The molecule has 1 saturated heterocycles. The fourth-order valence-corrected chi connectivity index (χ4v) is 3.42. The van der Waals surface area contributed by atoms with Crippen LogP contribution in [0, 0.1) is 6.92 Å². The van der Waals surface area contributed by atoms with E-state index in [4.69, 9.17) is 4.74 Å². The molecule has 0 aliphatic carbocycles. The van der Waals surface area contributed by atoms with E-state index in [2.05, 4.69) is 47.3 Å². The van der Waals surface area contributed by atoms with E-state index in [1.807, 2.05) is 17.8 Å². The Hall–Kier alpha value is -1.24. The molecule has 1 aliphatic rings. The smallest absolute Gasteiger partial charge is 0.123 e. The van der Waals surface area contributed by atoms with Crippen LogP contribution in [0.4, 0.5) is 0 Å². The first-order valence-corrected chi connectivity index (χ1v) is 8.60. The molecule has 0 aromatic carbocycles. The Bertz CT molecular complexity index is 628. The van der Waals surface area contributed by atoms with Crippen molar-refractivity contribution in [1.29, 1.82) is 0 Å². The Morgan fingerprint density at radius 3 is 2.86 bits per heavy atom. The van der Waals surface area contributed by atoms with E-state index in [0.717, 1.165) is 36.9 Å². The van der Waals surface area contributed by atoms with E-state index < -0.39 is 0 Å². The van der Waals surface area contributed by atoms with Crippen LogP contribution in [0.1, 0.15) is 43.1 Å². The molecule has 0 bridgehead atoms. The lowest BCUT2D eigenvalue weighted by atomic mass is 10.1. The summed E-state index contributed by atoms with van der Waals surface area (Å²) in [6.07, 6.45) is 4.23. The number of hydrogen-bond donors (Lipinski definition) is 0. The standard InChI is InChI=1S/C16H24N4OS/c1-12-11-22-15(18-12)14-10-19(5-6-21-14)8-13-7-17-20(9-13)16(2,3)4/h7,9,11,14H,5-6,8,10H2,1-4H3/t14-/m0/s1. The molecule has 0 radical (unpaired) electrons. The van der Waals surface area contributed by atoms with Crippen molar-refractivity contribution in [1.82, 2.24) is 19.7 Å². The number of hydrogen-bond acceptors (Lipinski definition) is 5. The lowest BCUT2D eigenvalue weighted by molar-refractivity contribution is -0.0330. The predicted molar refractivity (Wildman–Crippen MR) is 88.0 cm³/mol. The van der Waals surface area contributed by atoms with E-state index in [-0.39, 0.29) is 11.6 Å². The van der Waals surface area contributed by atoms with Gasteiger partial charge >= 0.3 is 0 Å². The molecule has 0 saturated carbocycles. The van der Waals surface area contributed by atoms with Gasteiger partial charge in [-0.15, -0.1) is 11.3 Å². The van der Waals surface area contributed by atoms with Crippen LogP contribution in [-0.4, -0.2) is 39.4 Å². The molecule has 3 rings (SSSR count). The molecule has 0 amide bonds. The summed E-state index contributed by atoms with van der Waals surface area (Å²) in [7, 11) is 0. The van der Waals surface area contributed by atoms with Crippen LogP contribution in [0.3, 0.4) is 0 Å². The lowest BCUT2D eigenvalue weighted by Crippen LogP contribution is -2.37. The number of morpholine rings is 1. The molecule has 0 spiro atoms. The fourth-order valence-electron chi connectivity index (χ4n) is 2.58. The van der Waals surface area contributed by atoms with E-state index in [9.17, 15) is 0 Å². The highest BCUT2D eigenvalue weighted by atomic mass is 32.1. The van der Waals surface area contributed by atoms with Crippen LogP contribution in [-0.2, 0) is 16.8 Å². The Kier molecular flexibility index (Phi) is 4.34. The molecule has 1 atom stereocenters. The number of aryl methyl sites for hydroxylation is 1. The van der Waals surface area contributed by atoms with Gasteiger partial charge in [0.2, 0.25) is 0 Å². The summed E-state index contributed by atoms with van der Waals surface area (Å²) in [5.41, 5.74) is 2.36. The summed E-state index contributed by atoms with van der Waals surface area (Å²) in [5, 5.41) is 7.66. The minimum atomic E-state index is 0.0320. The van der Waals surface area contributed by atoms with Crippen LogP contribution >= 0.6 is 11.3 Å². The molecular weight excluding hydrogens is 296 g/mol. The van der Waals surface area contributed by atoms with Gasteiger partial charge in [-0.1, -0.05) is 0 Å². The molecule has 6 heteroatoms. The van der Waals surface area contributed by atoms with Gasteiger partial charge in [-0.25, -0.2) is 4.98 Å². The van der Waals surface area contributed by atoms with E-state index in [1.165, 1.54) is 5.56 Å². The summed E-state index contributed by atoms with van der Waals surface area (Å²) < 4.78 is 7.92. The highest BCUT2D eigenvalue weighted by Crippen LogP contribution is 2.26. The molecule has 1 aliphatic heterocycles. The average molecular weight is 320 g/mol. The minimum absolute atomic E-state index is 0.0320. The first kappa shape index (κ1) is 15.6. The fraction of sp³-hybridized carbons (Fsp3) is 0.625. The van der Waals surface area contributed by atoms with Gasteiger partial charge in [0.05, 0.1) is 18.3 Å². The summed E-state index contributed by atoms with van der Waals surface area (Å²) in [4.78, 5) is 6.99. The van der Waals surface area contributed by atoms with Crippen LogP contribution in [0.2, 0.25) is 0 Å². The Balaban J connectivity index is 1.64. The third-order valence-corrected chi connectivity index (χ3v) is 4.85. The Morgan fingerprint density at radius 1 is 1.41 bits per heavy atom. The van der Waals surface area contributed by atoms with Crippen molar-refractivity contribution in [2.75, 3.05) is 19.7 Å². The first-order chi connectivity index (χ1) is 10.4. The van der Waals surface area contributed by atoms with Crippen molar-refractivity contribution in [3.05, 3.63) is 34.0 Å². The molecule has 2 aromatic rings. The molecule has 3 heterocycles. The maximum Gasteiger partial charge on any atom is 0.123 e. The first-order valence-electron chi connectivity index (χ1n) is 7.72. The van der Waals surface area contributed by atoms with Crippen molar-refractivity contribution in [3.63, 3.8) is 0 Å². The van der Waals surface area contributed by atoms with Gasteiger partial charge in [-0.05, 0) is 27.7 Å². The summed E-state index contributed by atoms with van der Waals surface area (Å²) in [6.45, 7) is 12.1. The van der Waals surface area contributed by atoms with Crippen LogP contribution in [0.25, 0.3) is 0 Å². The van der Waals surface area contributed by atoms with Crippen molar-refractivity contribution >= 4 is 11.3 Å². The molecule has 5 nitrogen and oxygen atoms in total. The third kappa shape index (κ3) is 3.56. The minimum Gasteiger partial charge on any atom is -0.368 e. The van der Waals surface area contributed by atoms with E-state index >= 15 is 0 Å². The zero-order valence-electron chi connectivity index (χ0n) is 13.7. The highest BCUT2D eigenvalue weighted by molar-refractivity contribution is 7.09. The van der Waals surface area contributed by atoms with E-state index in [0.29, 0.717) is 0 Å². The van der Waals surface area contributed by atoms with Crippen LogP contribution in [0.15, 0.2) is 17.8 Å². The lowest BCUT2D eigenvalue weighted by Gasteiger charge is -2.31. The van der Waals surface area contributed by atoms with Gasteiger partial charge in [0.1, 0.15) is 11.1 Å². The Morgan fingerprint density at radius 2 is 2.23 bits per heavy atom. The maximum absolute atomic E-state index is 5.89. The second-order valence-electron chi connectivity index (χ2n) is 6.89. The highest BCUT2D eigenvalue weighted by Gasteiger charge is 2.25. The molecule has 2 aromatic heterocycles. The van der Waals surface area contributed by atoms with Crippen molar-refractivity contribution in [2.45, 2.75) is 45.9 Å². The zero-order chi connectivity index (χ0) is 15.7. The molecule has 0 N–H and O–H groups in total. The van der Waals surface area contributed by atoms with Gasteiger partial charge in [0.15, 0.2) is 0 Å². The van der Waals surface area contributed by atoms with Gasteiger partial charge in [-0.3, -0.25) is 9.58 Å². The van der Waals surface area contributed by atoms with Crippen molar-refractivity contribution in [2.24, 2.45) is 0 Å². The second-order valence-corrected chi connectivity index (χ2v) is 7.78. The number of nitrogens with zero attached hydrogens (tertiary/aromatic N) is 4. The van der Waals surface area contributed by atoms with Crippen molar-refractivity contribution in [3.8, 4) is 0 Å². The number of ether oxygens (including phenoxy) is 1. The molecular formula is C16H24N4OS. The zero-order valence-corrected chi connectivity index (χ0v) is 14.6. The van der Waals surface area contributed by atoms with Crippen LogP contribution < -0.4 is 0 Å². The summed E-state index contributed by atoms with van der Waals surface area (Å²) in [5.74, 6) is 0. The molecule has 1 fully saturated rings. The van der Waals surface area contributed by atoms with Gasteiger partial charge in [-0.2, -0.15) is 5.10 Å². The van der Waals surface area contributed by atoms with E-state index in [1.54, 1.807) is 11.3 Å². The largest absolute Gasteiger partial charge is 0.368 e. The normalized spacial score (nSPS) is 20.5. The van der Waals surface area contributed by atoms with Crippen molar-refractivity contribution < 1.29 is 4.74 Å². The second kappa shape index (κ2) is 6.10. The predicted octanol–water partition coefficient (Wildman–Crippen LogP) is 2.98. The average Bonchev–Trinajstić information content (AvgIpc) is 3.08. The molecule has 22 heavy (non-hydrogen) atoms. The molecule has 120 valence electrons. The molecule has 0 unspecified atom stereocenters. The maximum atomic E-state index is 5.89. The number of thiazole rings is 1. The van der Waals surface area contributed by atoms with Gasteiger partial charge in [0, 0.05) is 42.5 Å². The SMILES string of the molecule is Cc1csc([C@@H]2CN(Cc3cnn(C(C)(C)C)c3)CCO2)n1. The third-order valence-electron chi connectivity index (χ3n) is 3.79. The van der Waals surface area contributed by atoms with Gasteiger partial charge < -0.3 is 4.74 Å². The monoisotopic (exact) mass is 320 g/mol. The number of aromatic nitrogens is 3. The number of rotatable bonds is 3. The quantitative estimate of drug-likeness (QED) is 0.872. The summed E-state index contributed by atoms with van der Waals surface area (Å²) >= 11 is 1.69.